The second kappa shape index (κ2) is 6.34. The van der Waals surface area contributed by atoms with Crippen molar-refractivity contribution in [2.75, 3.05) is 13.2 Å². The first-order valence-electron chi connectivity index (χ1n) is 6.36. The number of hydrogen-bond acceptors (Lipinski definition) is 4. The summed E-state index contributed by atoms with van der Waals surface area (Å²) < 4.78 is 6.24. The number of nitrogens with one attached hydrogen (secondary N) is 1. The van der Waals surface area contributed by atoms with Gasteiger partial charge in [-0.25, -0.2) is 0 Å². The summed E-state index contributed by atoms with van der Waals surface area (Å²) in [7, 11) is 0. The molecule has 1 aromatic rings. The molecule has 0 aromatic heterocycles. The first-order valence-corrected chi connectivity index (χ1v) is 7.15. The standard InChI is InChI=1S/C13H17BrN2O3/c1-9(7-15-11-3-4-11)8-19-13-5-2-10(14)6-12(13)16(17)18/h2,5-6,9,11,15H,3-4,7-8H2,1H3. The maximum atomic E-state index is 10.9. The van der Waals surface area contributed by atoms with Crippen LogP contribution in [0.1, 0.15) is 19.8 Å². The molecule has 2 rings (SSSR count). The summed E-state index contributed by atoms with van der Waals surface area (Å²) in [6.07, 6.45) is 2.51. The van der Waals surface area contributed by atoms with Gasteiger partial charge in [-0.3, -0.25) is 10.1 Å². The maximum absolute atomic E-state index is 10.9. The average molecular weight is 329 g/mol. The van der Waals surface area contributed by atoms with E-state index < -0.39 is 4.92 Å². The number of hydrogen-bond donors (Lipinski definition) is 1. The third-order valence-corrected chi connectivity index (χ3v) is 3.47. The van der Waals surface area contributed by atoms with Crippen LogP contribution in [0.25, 0.3) is 0 Å². The summed E-state index contributed by atoms with van der Waals surface area (Å²) in [5, 5.41) is 14.4. The second-order valence-electron chi connectivity index (χ2n) is 4.97. The van der Waals surface area contributed by atoms with E-state index in [-0.39, 0.29) is 5.69 Å². The first-order chi connectivity index (χ1) is 9.06. The molecule has 1 saturated carbocycles. The monoisotopic (exact) mass is 328 g/mol. The molecule has 1 unspecified atom stereocenters. The van der Waals surface area contributed by atoms with E-state index in [4.69, 9.17) is 4.74 Å². The van der Waals surface area contributed by atoms with E-state index in [1.807, 2.05) is 0 Å². The van der Waals surface area contributed by atoms with E-state index in [1.165, 1.54) is 18.9 Å². The number of rotatable bonds is 7. The Morgan fingerprint density at radius 2 is 2.32 bits per heavy atom. The zero-order chi connectivity index (χ0) is 13.8. The Kier molecular flexibility index (Phi) is 4.76. The molecule has 0 saturated heterocycles. The van der Waals surface area contributed by atoms with E-state index in [0.717, 1.165) is 6.54 Å². The molecule has 5 nitrogen and oxygen atoms in total. The number of benzene rings is 1. The number of ether oxygens (including phenoxy) is 1. The van der Waals surface area contributed by atoms with E-state index in [2.05, 4.69) is 28.2 Å². The molecule has 1 fully saturated rings. The van der Waals surface area contributed by atoms with Gasteiger partial charge in [-0.05, 0) is 25.0 Å². The average Bonchev–Trinajstić information content (AvgIpc) is 3.18. The molecule has 0 aliphatic heterocycles. The quantitative estimate of drug-likeness (QED) is 0.617. The molecule has 1 aliphatic rings. The largest absolute Gasteiger partial charge is 0.486 e. The van der Waals surface area contributed by atoms with Crippen LogP contribution in [0.15, 0.2) is 22.7 Å². The molecule has 0 spiro atoms. The molecule has 0 radical (unpaired) electrons. The lowest BCUT2D eigenvalue weighted by molar-refractivity contribution is -0.386. The van der Waals surface area contributed by atoms with E-state index in [1.54, 1.807) is 12.1 Å². The van der Waals surface area contributed by atoms with Gasteiger partial charge in [0.15, 0.2) is 5.75 Å². The van der Waals surface area contributed by atoms with Crippen LogP contribution in [0.5, 0.6) is 5.75 Å². The highest BCUT2D eigenvalue weighted by molar-refractivity contribution is 9.10. The number of nitro benzene ring substituents is 1. The Bertz CT molecular complexity index is 463. The van der Waals surface area contributed by atoms with Gasteiger partial charge in [0.1, 0.15) is 0 Å². The summed E-state index contributed by atoms with van der Waals surface area (Å²) >= 11 is 3.22. The minimum atomic E-state index is -0.423. The molecule has 0 bridgehead atoms. The Hall–Kier alpha value is -1.14. The third-order valence-electron chi connectivity index (χ3n) is 2.97. The smallest absolute Gasteiger partial charge is 0.312 e. The Balaban J connectivity index is 1.88. The Morgan fingerprint density at radius 3 is 2.95 bits per heavy atom. The lowest BCUT2D eigenvalue weighted by Crippen LogP contribution is -2.26. The Labute approximate surface area is 120 Å². The SMILES string of the molecule is CC(CNC1CC1)COc1ccc(Br)cc1[N+](=O)[O-]. The fourth-order valence-corrected chi connectivity index (χ4v) is 2.05. The highest BCUT2D eigenvalue weighted by Gasteiger charge is 2.21. The fourth-order valence-electron chi connectivity index (χ4n) is 1.70. The van der Waals surface area contributed by atoms with Crippen LogP contribution in [0.2, 0.25) is 0 Å². The third kappa shape index (κ3) is 4.47. The van der Waals surface area contributed by atoms with Gasteiger partial charge in [0.2, 0.25) is 0 Å². The van der Waals surface area contributed by atoms with Crippen molar-refractivity contribution in [2.45, 2.75) is 25.8 Å². The van der Waals surface area contributed by atoms with Crippen molar-refractivity contribution in [3.8, 4) is 5.75 Å². The topological polar surface area (TPSA) is 64.4 Å². The van der Waals surface area contributed by atoms with Gasteiger partial charge in [-0.1, -0.05) is 22.9 Å². The van der Waals surface area contributed by atoms with Gasteiger partial charge >= 0.3 is 5.69 Å². The van der Waals surface area contributed by atoms with Crippen molar-refractivity contribution in [1.29, 1.82) is 0 Å². The van der Waals surface area contributed by atoms with Crippen molar-refractivity contribution >= 4 is 21.6 Å². The van der Waals surface area contributed by atoms with Crippen LogP contribution < -0.4 is 10.1 Å². The number of nitrogens with zero attached hydrogens (tertiary/aromatic N) is 1. The van der Waals surface area contributed by atoms with Crippen molar-refractivity contribution in [1.82, 2.24) is 5.32 Å². The molecule has 1 aromatic carbocycles. The van der Waals surface area contributed by atoms with Crippen LogP contribution in [0.4, 0.5) is 5.69 Å². The molecule has 1 aliphatic carbocycles. The highest BCUT2D eigenvalue weighted by Crippen LogP contribution is 2.30. The highest BCUT2D eigenvalue weighted by atomic mass is 79.9. The van der Waals surface area contributed by atoms with Gasteiger partial charge in [0.25, 0.3) is 0 Å². The summed E-state index contributed by atoms with van der Waals surface area (Å²) in [5.74, 6) is 0.648. The fraction of sp³-hybridized carbons (Fsp3) is 0.538. The van der Waals surface area contributed by atoms with Gasteiger partial charge in [-0.2, -0.15) is 0 Å². The van der Waals surface area contributed by atoms with Crippen molar-refractivity contribution in [3.63, 3.8) is 0 Å². The van der Waals surface area contributed by atoms with Crippen LogP contribution >= 0.6 is 15.9 Å². The molecular formula is C13H17BrN2O3. The summed E-state index contributed by atoms with van der Waals surface area (Å²) in [4.78, 5) is 10.5. The van der Waals surface area contributed by atoms with Gasteiger partial charge in [-0.15, -0.1) is 0 Å². The van der Waals surface area contributed by atoms with E-state index in [0.29, 0.717) is 28.8 Å². The first kappa shape index (κ1) is 14.3. The molecule has 6 heteroatoms. The van der Waals surface area contributed by atoms with E-state index in [9.17, 15) is 10.1 Å². The van der Waals surface area contributed by atoms with Crippen molar-refractivity contribution < 1.29 is 9.66 Å². The number of halogens is 1. The predicted molar refractivity (Wildman–Crippen MR) is 76.5 cm³/mol. The lowest BCUT2D eigenvalue weighted by atomic mass is 10.2. The molecule has 1 atom stereocenters. The molecule has 0 amide bonds. The van der Waals surface area contributed by atoms with Crippen molar-refractivity contribution in [3.05, 3.63) is 32.8 Å². The van der Waals surface area contributed by atoms with Crippen LogP contribution in [0, 0.1) is 16.0 Å². The van der Waals surface area contributed by atoms with Crippen LogP contribution in [-0.2, 0) is 0 Å². The van der Waals surface area contributed by atoms with Crippen molar-refractivity contribution in [2.24, 2.45) is 5.92 Å². The minimum absolute atomic E-state index is 0.00303. The predicted octanol–water partition coefficient (Wildman–Crippen LogP) is 3.12. The van der Waals surface area contributed by atoms with E-state index >= 15 is 0 Å². The summed E-state index contributed by atoms with van der Waals surface area (Å²) in [5.41, 5.74) is -0.00303. The summed E-state index contributed by atoms with van der Waals surface area (Å²) in [6.45, 7) is 3.43. The Morgan fingerprint density at radius 1 is 1.58 bits per heavy atom. The maximum Gasteiger partial charge on any atom is 0.312 e. The van der Waals surface area contributed by atoms with Crippen LogP contribution in [-0.4, -0.2) is 24.1 Å². The van der Waals surface area contributed by atoms with Gasteiger partial charge in [0.05, 0.1) is 11.5 Å². The van der Waals surface area contributed by atoms with Gasteiger partial charge < -0.3 is 10.1 Å². The molecule has 104 valence electrons. The molecule has 1 N–H and O–H groups in total. The lowest BCUT2D eigenvalue weighted by Gasteiger charge is -2.13. The molecular weight excluding hydrogens is 312 g/mol. The van der Waals surface area contributed by atoms with Gasteiger partial charge in [0, 0.05) is 29.0 Å². The second-order valence-corrected chi connectivity index (χ2v) is 5.88. The number of nitro groups is 1. The zero-order valence-corrected chi connectivity index (χ0v) is 12.4. The molecule has 0 heterocycles. The zero-order valence-electron chi connectivity index (χ0n) is 10.8. The van der Waals surface area contributed by atoms with Crippen LogP contribution in [0.3, 0.4) is 0 Å². The minimum Gasteiger partial charge on any atom is -0.486 e. The normalized spacial score (nSPS) is 16.1. The summed E-state index contributed by atoms with van der Waals surface area (Å²) in [6, 6.07) is 5.51. The molecule has 19 heavy (non-hydrogen) atoms.